The molecule has 1 heterocycles. The fourth-order valence-electron chi connectivity index (χ4n) is 2.28. The first-order valence-electron chi connectivity index (χ1n) is 7.65. The molecule has 8 heteroatoms. The van der Waals surface area contributed by atoms with Gasteiger partial charge in [0.2, 0.25) is 0 Å². The standard InChI is InChI=1S/C17H18N4O4/c1-25-15(23)10-19-13(7-4-8-22)12(9-18)16-20-14-6-3-2-5-11(14)17(24)21-16/h2-3,5-6,19,22H,4,7-8,10H2,1H3,(H,20,21,24)/b13-12-. The molecule has 0 aliphatic heterocycles. The van der Waals surface area contributed by atoms with Gasteiger partial charge >= 0.3 is 5.97 Å². The first kappa shape index (κ1) is 18.2. The second kappa shape index (κ2) is 8.61. The van der Waals surface area contributed by atoms with Crippen molar-refractivity contribution in [3.63, 3.8) is 0 Å². The molecule has 3 N–H and O–H groups in total. The Morgan fingerprint density at radius 1 is 1.44 bits per heavy atom. The van der Waals surface area contributed by atoms with Crippen LogP contribution in [0.15, 0.2) is 34.8 Å². The van der Waals surface area contributed by atoms with Crippen molar-refractivity contribution < 1.29 is 14.6 Å². The Bertz CT molecular complexity index is 895. The van der Waals surface area contributed by atoms with Gasteiger partial charge in [-0.2, -0.15) is 5.26 Å². The number of aromatic amines is 1. The Labute approximate surface area is 143 Å². The quantitative estimate of drug-likeness (QED) is 0.499. The molecule has 0 spiro atoms. The molecule has 0 aliphatic rings. The highest BCUT2D eigenvalue weighted by Gasteiger charge is 2.14. The number of aliphatic hydroxyl groups is 1. The van der Waals surface area contributed by atoms with Crippen LogP contribution in [0.2, 0.25) is 0 Å². The molecule has 1 aromatic carbocycles. The van der Waals surface area contributed by atoms with Crippen LogP contribution in [0.25, 0.3) is 16.5 Å². The Morgan fingerprint density at radius 2 is 2.20 bits per heavy atom. The molecule has 0 bridgehead atoms. The lowest BCUT2D eigenvalue weighted by Gasteiger charge is -2.12. The molecule has 0 atom stereocenters. The molecule has 0 aliphatic carbocycles. The first-order chi connectivity index (χ1) is 12.1. The lowest BCUT2D eigenvalue weighted by atomic mass is 10.1. The zero-order chi connectivity index (χ0) is 18.2. The number of nitrogens with one attached hydrogen (secondary N) is 2. The minimum atomic E-state index is -0.501. The van der Waals surface area contributed by atoms with Gasteiger partial charge in [-0.15, -0.1) is 0 Å². The van der Waals surface area contributed by atoms with Gasteiger partial charge in [0.15, 0.2) is 5.82 Å². The van der Waals surface area contributed by atoms with Crippen LogP contribution >= 0.6 is 0 Å². The van der Waals surface area contributed by atoms with Gasteiger partial charge in [-0.05, 0) is 25.0 Å². The fraction of sp³-hybridized carbons (Fsp3) is 0.294. The normalized spacial score (nSPS) is 11.6. The number of benzene rings is 1. The molecule has 1 aromatic heterocycles. The fourth-order valence-corrected chi connectivity index (χ4v) is 2.28. The maximum atomic E-state index is 12.2. The molecule has 0 unspecified atom stereocenters. The molecule has 0 amide bonds. The van der Waals surface area contributed by atoms with E-state index < -0.39 is 5.97 Å². The van der Waals surface area contributed by atoms with E-state index in [1.807, 2.05) is 6.07 Å². The molecule has 0 saturated carbocycles. The van der Waals surface area contributed by atoms with Crippen molar-refractivity contribution in [3.05, 3.63) is 46.1 Å². The van der Waals surface area contributed by atoms with Crippen LogP contribution in [0.5, 0.6) is 0 Å². The summed E-state index contributed by atoms with van der Waals surface area (Å²) in [6.07, 6.45) is 0.694. The number of H-pyrrole nitrogens is 1. The zero-order valence-electron chi connectivity index (χ0n) is 13.7. The van der Waals surface area contributed by atoms with Crippen molar-refractivity contribution in [3.8, 4) is 6.07 Å². The number of hydrogen-bond donors (Lipinski definition) is 3. The van der Waals surface area contributed by atoms with Gasteiger partial charge in [-0.3, -0.25) is 9.59 Å². The number of aromatic nitrogens is 2. The Hall–Kier alpha value is -3.18. The van der Waals surface area contributed by atoms with Crippen molar-refractivity contribution in [2.45, 2.75) is 12.8 Å². The smallest absolute Gasteiger partial charge is 0.325 e. The number of hydrogen-bond acceptors (Lipinski definition) is 7. The van der Waals surface area contributed by atoms with Crippen LogP contribution in [-0.4, -0.2) is 41.3 Å². The van der Waals surface area contributed by atoms with Crippen LogP contribution in [0.3, 0.4) is 0 Å². The molecule has 2 aromatic rings. The third kappa shape index (κ3) is 4.43. The molecule has 25 heavy (non-hydrogen) atoms. The summed E-state index contributed by atoms with van der Waals surface area (Å²) in [4.78, 5) is 30.5. The molecule has 2 rings (SSSR count). The molecular weight excluding hydrogens is 324 g/mol. The highest BCUT2D eigenvalue weighted by molar-refractivity contribution is 5.82. The maximum absolute atomic E-state index is 12.2. The van der Waals surface area contributed by atoms with Crippen LogP contribution in [-0.2, 0) is 9.53 Å². The van der Waals surface area contributed by atoms with Crippen LogP contribution < -0.4 is 10.9 Å². The molecule has 0 radical (unpaired) electrons. The number of carbonyl (C=O) groups excluding carboxylic acids is 1. The summed E-state index contributed by atoms with van der Waals surface area (Å²) in [6, 6.07) is 8.81. The summed E-state index contributed by atoms with van der Waals surface area (Å²) in [5.74, 6) is -0.393. The number of carbonyl (C=O) groups is 1. The lowest BCUT2D eigenvalue weighted by molar-refractivity contribution is -0.139. The van der Waals surface area contributed by atoms with Gasteiger partial charge in [0.25, 0.3) is 5.56 Å². The Morgan fingerprint density at radius 3 is 2.88 bits per heavy atom. The third-order valence-corrected chi connectivity index (χ3v) is 3.52. The summed E-state index contributed by atoms with van der Waals surface area (Å²) in [6.45, 7) is -0.218. The van der Waals surface area contributed by atoms with E-state index in [1.54, 1.807) is 24.3 Å². The number of ether oxygens (including phenoxy) is 1. The minimum absolute atomic E-state index is 0.0796. The van der Waals surface area contributed by atoms with Gasteiger partial charge in [0, 0.05) is 12.3 Å². The van der Waals surface area contributed by atoms with Gasteiger partial charge in [-0.25, -0.2) is 4.98 Å². The number of methoxy groups -OCH3 is 1. The van der Waals surface area contributed by atoms with E-state index in [1.165, 1.54) is 7.11 Å². The van der Waals surface area contributed by atoms with Crippen molar-refractivity contribution in [1.29, 1.82) is 5.26 Å². The predicted molar refractivity (Wildman–Crippen MR) is 91.2 cm³/mol. The van der Waals surface area contributed by atoms with Crippen molar-refractivity contribution in [2.75, 3.05) is 20.3 Å². The topological polar surface area (TPSA) is 128 Å². The van der Waals surface area contributed by atoms with Gasteiger partial charge < -0.3 is 20.1 Å². The lowest BCUT2D eigenvalue weighted by Crippen LogP contribution is -2.25. The average Bonchev–Trinajstić information content (AvgIpc) is 2.63. The highest BCUT2D eigenvalue weighted by Crippen LogP contribution is 2.17. The van der Waals surface area contributed by atoms with E-state index in [0.717, 1.165) is 0 Å². The van der Waals surface area contributed by atoms with Crippen molar-refractivity contribution in [1.82, 2.24) is 15.3 Å². The van der Waals surface area contributed by atoms with E-state index >= 15 is 0 Å². The number of aliphatic hydroxyl groups excluding tert-OH is 1. The highest BCUT2D eigenvalue weighted by atomic mass is 16.5. The van der Waals surface area contributed by atoms with Gasteiger partial charge in [0.05, 0.1) is 18.0 Å². The zero-order valence-corrected chi connectivity index (χ0v) is 13.7. The second-order valence-corrected chi connectivity index (χ2v) is 5.15. The molecule has 0 saturated heterocycles. The van der Waals surface area contributed by atoms with E-state index in [-0.39, 0.29) is 30.1 Å². The van der Waals surface area contributed by atoms with Crippen LogP contribution in [0, 0.1) is 11.3 Å². The summed E-state index contributed by atoms with van der Waals surface area (Å²) in [5.41, 5.74) is 0.617. The molecular formula is C17H18N4O4. The largest absolute Gasteiger partial charge is 0.468 e. The summed E-state index contributed by atoms with van der Waals surface area (Å²) >= 11 is 0. The average molecular weight is 342 g/mol. The number of nitriles is 1. The molecule has 130 valence electrons. The van der Waals surface area contributed by atoms with E-state index in [4.69, 9.17) is 5.11 Å². The number of esters is 1. The number of allylic oxidation sites excluding steroid dienone is 2. The first-order valence-corrected chi connectivity index (χ1v) is 7.65. The van der Waals surface area contributed by atoms with E-state index in [2.05, 4.69) is 20.0 Å². The second-order valence-electron chi connectivity index (χ2n) is 5.15. The Kier molecular flexibility index (Phi) is 6.26. The number of rotatable bonds is 7. The maximum Gasteiger partial charge on any atom is 0.325 e. The third-order valence-electron chi connectivity index (χ3n) is 3.52. The molecule has 0 fully saturated rings. The van der Waals surface area contributed by atoms with Crippen molar-refractivity contribution >= 4 is 22.4 Å². The number of para-hydroxylation sites is 1. The summed E-state index contributed by atoms with van der Waals surface area (Å²) in [7, 11) is 1.26. The van der Waals surface area contributed by atoms with Gasteiger partial charge in [0.1, 0.15) is 18.2 Å². The van der Waals surface area contributed by atoms with Gasteiger partial charge in [-0.1, -0.05) is 12.1 Å². The van der Waals surface area contributed by atoms with Crippen LogP contribution in [0.4, 0.5) is 0 Å². The van der Waals surface area contributed by atoms with E-state index in [9.17, 15) is 14.9 Å². The number of fused-ring (bicyclic) bond motifs is 1. The minimum Gasteiger partial charge on any atom is -0.468 e. The Balaban J connectivity index is 2.51. The molecule has 8 nitrogen and oxygen atoms in total. The number of nitrogens with zero attached hydrogens (tertiary/aromatic N) is 2. The van der Waals surface area contributed by atoms with Crippen LogP contribution in [0.1, 0.15) is 18.7 Å². The monoisotopic (exact) mass is 342 g/mol. The summed E-state index contributed by atoms with van der Waals surface area (Å²) in [5, 5.41) is 21.8. The summed E-state index contributed by atoms with van der Waals surface area (Å²) < 4.78 is 4.57. The van der Waals surface area contributed by atoms with E-state index in [0.29, 0.717) is 29.4 Å². The predicted octanol–water partition coefficient (Wildman–Crippen LogP) is 0.693. The SMILES string of the molecule is COC(=O)CN/C(CCCO)=C(/C#N)c1nc2ccccc2c(=O)[nH]1. The van der Waals surface area contributed by atoms with Crippen molar-refractivity contribution in [2.24, 2.45) is 0 Å².